The summed E-state index contributed by atoms with van der Waals surface area (Å²) in [4.78, 5) is 15.0. The molecule has 0 radical (unpaired) electrons. The third-order valence-electron chi connectivity index (χ3n) is 3.96. The predicted molar refractivity (Wildman–Crippen MR) is 75.1 cm³/mol. The van der Waals surface area contributed by atoms with Gasteiger partial charge in [-0.15, -0.1) is 11.3 Å². The number of likely N-dealkylation sites (N-methyl/N-ethyl adjacent to an activating group) is 1. The Labute approximate surface area is 118 Å². The highest BCUT2D eigenvalue weighted by Crippen LogP contribution is 2.31. The summed E-state index contributed by atoms with van der Waals surface area (Å²) in [5, 5.41) is 12.2. The van der Waals surface area contributed by atoms with Gasteiger partial charge in [0, 0.05) is 17.5 Å². The monoisotopic (exact) mass is 283 g/mol. The van der Waals surface area contributed by atoms with Crippen molar-refractivity contribution in [1.82, 2.24) is 4.90 Å². The quantitative estimate of drug-likeness (QED) is 0.856. The summed E-state index contributed by atoms with van der Waals surface area (Å²) in [5.41, 5.74) is 1.29. The molecule has 1 aromatic heterocycles. The molecule has 106 valence electrons. The van der Waals surface area contributed by atoms with E-state index < -0.39 is 6.10 Å². The van der Waals surface area contributed by atoms with E-state index in [0.29, 0.717) is 12.8 Å². The first-order chi connectivity index (χ1) is 9.02. The summed E-state index contributed by atoms with van der Waals surface area (Å²) in [6, 6.07) is 2.14. The molecule has 4 nitrogen and oxygen atoms in total. The van der Waals surface area contributed by atoms with Gasteiger partial charge >= 0.3 is 5.97 Å². The number of aryl methyl sites for hydroxylation is 1. The molecule has 1 aromatic rings. The second-order valence-electron chi connectivity index (χ2n) is 5.27. The first-order valence-electron chi connectivity index (χ1n) is 6.52. The number of ether oxygens (including phenoxy) is 1. The topological polar surface area (TPSA) is 49.8 Å². The number of methoxy groups -OCH3 is 1. The largest absolute Gasteiger partial charge is 0.469 e. The van der Waals surface area contributed by atoms with E-state index in [1.807, 2.05) is 7.05 Å². The summed E-state index contributed by atoms with van der Waals surface area (Å²) in [7, 11) is 3.41. The number of carbonyl (C=O) groups excluding carboxylic acids is 1. The van der Waals surface area contributed by atoms with E-state index >= 15 is 0 Å². The number of aliphatic hydroxyl groups excluding tert-OH is 1. The lowest BCUT2D eigenvalue weighted by Gasteiger charge is -2.26. The van der Waals surface area contributed by atoms with Gasteiger partial charge in [0.15, 0.2) is 0 Å². The van der Waals surface area contributed by atoms with Gasteiger partial charge in [0.05, 0.1) is 19.1 Å². The van der Waals surface area contributed by atoms with Crippen LogP contribution in [0.1, 0.15) is 23.3 Å². The molecule has 0 unspecified atom stereocenters. The molecule has 3 atom stereocenters. The van der Waals surface area contributed by atoms with Gasteiger partial charge < -0.3 is 9.84 Å². The molecule has 5 heteroatoms. The van der Waals surface area contributed by atoms with Crippen LogP contribution in [0.2, 0.25) is 0 Å². The van der Waals surface area contributed by atoms with Gasteiger partial charge in [-0.25, -0.2) is 0 Å². The summed E-state index contributed by atoms with van der Waals surface area (Å²) >= 11 is 1.73. The standard InChI is InChI=1S/C14H21NO3S/c1-9-4-5-19-13(9)8-15(2)11-6-10(7-12(11)16)14(17)18-3/h4-5,10-12,16H,6-8H2,1-3H3/t10-,11+,12-/m0/s1. The Morgan fingerprint density at radius 3 is 2.89 bits per heavy atom. The van der Waals surface area contributed by atoms with Crippen molar-refractivity contribution < 1.29 is 14.6 Å². The van der Waals surface area contributed by atoms with Crippen LogP contribution < -0.4 is 0 Å². The molecular weight excluding hydrogens is 262 g/mol. The van der Waals surface area contributed by atoms with Crippen LogP contribution in [0, 0.1) is 12.8 Å². The van der Waals surface area contributed by atoms with Crippen LogP contribution in [-0.4, -0.2) is 42.3 Å². The smallest absolute Gasteiger partial charge is 0.308 e. The fourth-order valence-electron chi connectivity index (χ4n) is 2.74. The number of hydrogen-bond donors (Lipinski definition) is 1. The van der Waals surface area contributed by atoms with Crippen LogP contribution in [-0.2, 0) is 16.1 Å². The van der Waals surface area contributed by atoms with Gasteiger partial charge in [0.1, 0.15) is 0 Å². The van der Waals surface area contributed by atoms with Gasteiger partial charge in [-0.05, 0) is 43.8 Å². The number of carbonyl (C=O) groups is 1. The molecule has 0 bridgehead atoms. The zero-order chi connectivity index (χ0) is 14.0. The Hall–Kier alpha value is -0.910. The van der Waals surface area contributed by atoms with Gasteiger partial charge in [-0.1, -0.05) is 0 Å². The SMILES string of the molecule is COC(=O)[C@H]1C[C@@H](N(C)Cc2sccc2C)[C@@H](O)C1. The van der Waals surface area contributed by atoms with Gasteiger partial charge in [-0.2, -0.15) is 0 Å². The highest BCUT2D eigenvalue weighted by atomic mass is 32.1. The molecule has 0 aliphatic heterocycles. The highest BCUT2D eigenvalue weighted by Gasteiger charge is 2.39. The van der Waals surface area contributed by atoms with Crippen molar-refractivity contribution in [3.63, 3.8) is 0 Å². The molecule has 0 aromatic carbocycles. The van der Waals surface area contributed by atoms with E-state index in [9.17, 15) is 9.90 Å². The number of rotatable bonds is 4. The van der Waals surface area contributed by atoms with Crippen molar-refractivity contribution in [1.29, 1.82) is 0 Å². The molecule has 1 aliphatic carbocycles. The van der Waals surface area contributed by atoms with Crippen LogP contribution >= 0.6 is 11.3 Å². The van der Waals surface area contributed by atoms with Gasteiger partial charge in [-0.3, -0.25) is 9.69 Å². The third kappa shape index (κ3) is 3.16. The van der Waals surface area contributed by atoms with E-state index in [4.69, 9.17) is 4.74 Å². The van der Waals surface area contributed by atoms with Crippen molar-refractivity contribution in [3.05, 3.63) is 21.9 Å². The highest BCUT2D eigenvalue weighted by molar-refractivity contribution is 7.10. The fraction of sp³-hybridized carbons (Fsp3) is 0.643. The first kappa shape index (κ1) is 14.5. The molecule has 0 amide bonds. The van der Waals surface area contributed by atoms with Crippen molar-refractivity contribution >= 4 is 17.3 Å². The van der Waals surface area contributed by atoms with Crippen LogP contribution in [0.5, 0.6) is 0 Å². The zero-order valence-corrected chi connectivity index (χ0v) is 12.4. The fourth-order valence-corrected chi connectivity index (χ4v) is 3.70. The van der Waals surface area contributed by atoms with Crippen LogP contribution in [0.4, 0.5) is 0 Å². The number of hydrogen-bond acceptors (Lipinski definition) is 5. The lowest BCUT2D eigenvalue weighted by atomic mass is 10.1. The van der Waals surface area contributed by atoms with E-state index in [1.165, 1.54) is 17.6 Å². The Morgan fingerprint density at radius 2 is 2.32 bits per heavy atom. The Balaban J connectivity index is 1.98. The van der Waals surface area contributed by atoms with Crippen molar-refractivity contribution in [2.45, 2.75) is 38.5 Å². The van der Waals surface area contributed by atoms with E-state index in [1.54, 1.807) is 11.3 Å². The van der Waals surface area contributed by atoms with Crippen molar-refractivity contribution in [2.75, 3.05) is 14.2 Å². The lowest BCUT2D eigenvalue weighted by Crippen LogP contribution is -2.37. The molecule has 0 spiro atoms. The first-order valence-corrected chi connectivity index (χ1v) is 7.40. The number of esters is 1. The second-order valence-corrected chi connectivity index (χ2v) is 6.27. The Morgan fingerprint density at radius 1 is 1.58 bits per heavy atom. The van der Waals surface area contributed by atoms with E-state index in [2.05, 4.69) is 23.3 Å². The molecule has 1 N–H and O–H groups in total. The average molecular weight is 283 g/mol. The minimum atomic E-state index is -0.450. The maximum Gasteiger partial charge on any atom is 0.308 e. The summed E-state index contributed by atoms with van der Waals surface area (Å²) < 4.78 is 4.77. The van der Waals surface area contributed by atoms with Crippen molar-refractivity contribution in [3.8, 4) is 0 Å². The lowest BCUT2D eigenvalue weighted by molar-refractivity contribution is -0.145. The maximum absolute atomic E-state index is 11.5. The molecule has 1 fully saturated rings. The van der Waals surface area contributed by atoms with Gasteiger partial charge in [0.25, 0.3) is 0 Å². The van der Waals surface area contributed by atoms with E-state index in [-0.39, 0.29) is 17.9 Å². The molecule has 0 saturated heterocycles. The molecule has 2 rings (SSSR count). The summed E-state index contributed by atoms with van der Waals surface area (Å²) in [6.45, 7) is 2.92. The number of aliphatic hydroxyl groups is 1. The number of thiophene rings is 1. The Bertz CT molecular complexity index is 446. The molecular formula is C14H21NO3S. The van der Waals surface area contributed by atoms with Crippen molar-refractivity contribution in [2.24, 2.45) is 5.92 Å². The Kier molecular flexibility index (Phi) is 4.60. The molecule has 1 aliphatic rings. The minimum absolute atomic E-state index is 0.0330. The van der Waals surface area contributed by atoms with Crippen LogP contribution in [0.15, 0.2) is 11.4 Å². The minimum Gasteiger partial charge on any atom is -0.469 e. The summed E-state index contributed by atoms with van der Waals surface area (Å²) in [5.74, 6) is -0.376. The normalized spacial score (nSPS) is 26.9. The summed E-state index contributed by atoms with van der Waals surface area (Å²) in [6.07, 6.45) is 0.731. The second kappa shape index (κ2) is 6.03. The average Bonchev–Trinajstić information content (AvgIpc) is 2.95. The molecule has 1 saturated carbocycles. The molecule has 19 heavy (non-hydrogen) atoms. The predicted octanol–water partition coefficient (Wildman–Crippen LogP) is 1.80. The maximum atomic E-state index is 11.5. The van der Waals surface area contributed by atoms with Crippen LogP contribution in [0.3, 0.4) is 0 Å². The van der Waals surface area contributed by atoms with Gasteiger partial charge in [0.2, 0.25) is 0 Å². The van der Waals surface area contributed by atoms with E-state index in [0.717, 1.165) is 6.54 Å². The zero-order valence-electron chi connectivity index (χ0n) is 11.6. The van der Waals surface area contributed by atoms with Crippen LogP contribution in [0.25, 0.3) is 0 Å². The third-order valence-corrected chi connectivity index (χ3v) is 4.97. The number of nitrogens with zero attached hydrogens (tertiary/aromatic N) is 1. The molecule has 1 heterocycles.